The summed E-state index contributed by atoms with van der Waals surface area (Å²) in [5.41, 5.74) is -4.51. The Bertz CT molecular complexity index is 434. The highest BCUT2D eigenvalue weighted by atomic mass is 32.1. The molecular weight excluding hydrogens is 279 g/mol. The molecule has 0 aromatic heterocycles. The Morgan fingerprint density at radius 1 is 1.06 bits per heavy atom. The molecule has 0 saturated heterocycles. The van der Waals surface area contributed by atoms with Gasteiger partial charge in [-0.3, -0.25) is 4.79 Å². The molecule has 1 rings (SSSR count). The second kappa shape index (κ2) is 5.25. The summed E-state index contributed by atoms with van der Waals surface area (Å²) in [6, 6.07) is 5.58. The first-order valence-corrected chi connectivity index (χ1v) is 4.79. The van der Waals surface area contributed by atoms with Crippen LogP contribution in [0.4, 0.5) is 22.3 Å². The van der Waals surface area contributed by atoms with Gasteiger partial charge in [0.2, 0.25) is 0 Å². The minimum Gasteiger partial charge on any atom is -0.265 e. The van der Waals surface area contributed by atoms with Crippen LogP contribution in [0.1, 0.15) is 5.56 Å². The van der Waals surface area contributed by atoms with Gasteiger partial charge in [0.1, 0.15) is 0 Å². The monoisotopic (exact) mass is 284 g/mol. The van der Waals surface area contributed by atoms with Crippen LogP contribution in [0.3, 0.4) is 0 Å². The van der Waals surface area contributed by atoms with E-state index in [9.17, 15) is 27.1 Å². The molecule has 0 fully saturated rings. The smallest absolute Gasteiger partial charge is 0.265 e. The summed E-state index contributed by atoms with van der Waals surface area (Å²) in [6.07, 6.45) is 0. The van der Waals surface area contributed by atoms with Crippen LogP contribution in [-0.4, -0.2) is 21.6 Å². The van der Waals surface area contributed by atoms with Crippen LogP contribution in [0.25, 0.3) is 0 Å². The Morgan fingerprint density at radius 3 is 1.94 bits per heavy atom. The van der Waals surface area contributed by atoms with Gasteiger partial charge in [-0.25, -0.2) is 4.39 Å². The van der Waals surface area contributed by atoms with Gasteiger partial charge < -0.3 is 0 Å². The van der Waals surface area contributed by atoms with E-state index >= 15 is 0 Å². The summed E-state index contributed by atoms with van der Waals surface area (Å²) in [4.78, 5) is 9.20. The molecule has 0 aliphatic rings. The zero-order valence-electron chi connectivity index (χ0n) is 8.49. The number of benzene rings is 1. The van der Waals surface area contributed by atoms with Gasteiger partial charge in [0.05, 0.1) is 0 Å². The maximum absolute atomic E-state index is 14.3. The molecule has 98 valence electrons. The Morgan fingerprint density at radius 2 is 1.56 bits per heavy atom. The molecule has 0 saturated carbocycles. The Labute approximate surface area is 103 Å². The molecule has 0 aliphatic carbocycles. The molecule has 1 unspecified atom stereocenters. The van der Waals surface area contributed by atoms with E-state index < -0.39 is 32.8 Å². The van der Waals surface area contributed by atoms with E-state index in [4.69, 9.17) is 0 Å². The molecule has 9 heteroatoms. The summed E-state index contributed by atoms with van der Waals surface area (Å²) in [5.74, 6) is -2.49. The minimum absolute atomic E-state index is 0.708. The normalized spacial score (nSPS) is 13.6. The number of hydrogen-bond acceptors (Lipinski definition) is 2. The lowest BCUT2D eigenvalue weighted by Gasteiger charge is -2.24. The molecule has 0 heterocycles. The van der Waals surface area contributed by atoms with Crippen LogP contribution in [-0.2, 0) is 10.5 Å². The van der Waals surface area contributed by atoms with E-state index in [1.54, 1.807) is 0 Å². The zero-order chi connectivity index (χ0) is 13.9. The third-order valence-corrected chi connectivity index (χ3v) is 2.49. The van der Waals surface area contributed by atoms with Crippen molar-refractivity contribution in [3.63, 3.8) is 0 Å². The number of amides is 1. The van der Waals surface area contributed by atoms with Gasteiger partial charge in [-0.15, -0.1) is 0 Å². The van der Waals surface area contributed by atoms with E-state index in [1.165, 1.54) is 18.2 Å². The fourth-order valence-corrected chi connectivity index (χ4v) is 1.44. The molecule has 3 nitrogen and oxygen atoms in total. The standard InChI is InChI=1S/C9H5F5N2OS/c10-9(7(17)15(11)12,8(18)16(13)14)6-4-2-1-3-5-6/h1-5H. The van der Waals surface area contributed by atoms with Crippen molar-refractivity contribution in [2.45, 2.75) is 5.67 Å². The van der Waals surface area contributed by atoms with Gasteiger partial charge in [-0.2, -0.15) is 0 Å². The lowest BCUT2D eigenvalue weighted by molar-refractivity contribution is -0.199. The highest BCUT2D eigenvalue weighted by molar-refractivity contribution is 7.80. The summed E-state index contributed by atoms with van der Waals surface area (Å²) in [5, 5.41) is -4.01. The molecule has 1 aromatic rings. The van der Waals surface area contributed by atoms with Crippen molar-refractivity contribution in [1.29, 1.82) is 0 Å². The third-order valence-electron chi connectivity index (χ3n) is 2.07. The number of carbonyl (C=O) groups excluding carboxylic acids is 1. The van der Waals surface area contributed by atoms with E-state index in [0.29, 0.717) is 0 Å². The van der Waals surface area contributed by atoms with Crippen LogP contribution in [0.15, 0.2) is 30.3 Å². The fourth-order valence-electron chi connectivity index (χ4n) is 1.24. The SMILES string of the molecule is O=C(N(F)F)C(F)(C(=S)N(F)F)c1ccccc1. The first-order chi connectivity index (χ1) is 8.31. The quantitative estimate of drug-likeness (QED) is 0.484. The number of thiocarbonyl (C=S) groups is 1. The predicted octanol–water partition coefficient (Wildman–Crippen LogP) is 2.85. The molecule has 18 heavy (non-hydrogen) atoms. The Hall–Kier alpha value is -1.77. The van der Waals surface area contributed by atoms with Crippen LogP contribution >= 0.6 is 12.2 Å². The van der Waals surface area contributed by atoms with E-state index in [0.717, 1.165) is 12.1 Å². The van der Waals surface area contributed by atoms with Crippen molar-refractivity contribution in [3.05, 3.63) is 35.9 Å². The van der Waals surface area contributed by atoms with Gasteiger partial charge in [0.25, 0.3) is 5.67 Å². The number of nitrogens with zero attached hydrogens (tertiary/aromatic N) is 2. The molecule has 1 aromatic carbocycles. The average Bonchev–Trinajstić information content (AvgIpc) is 2.36. The molecular formula is C9H5F5N2OS. The zero-order valence-corrected chi connectivity index (χ0v) is 9.30. The summed E-state index contributed by atoms with van der Waals surface area (Å²) >= 11 is 4.01. The second-order valence-electron chi connectivity index (χ2n) is 3.10. The molecule has 0 N–H and O–H groups in total. The minimum atomic E-state index is -3.80. The van der Waals surface area contributed by atoms with Gasteiger partial charge in [-0.1, -0.05) is 60.5 Å². The fraction of sp³-hybridized carbons (Fsp3) is 0.111. The van der Waals surface area contributed by atoms with E-state index in [-0.39, 0.29) is 0 Å². The molecule has 0 aliphatic heterocycles. The molecule has 0 radical (unpaired) electrons. The Kier molecular flexibility index (Phi) is 4.17. The topological polar surface area (TPSA) is 23.6 Å². The van der Waals surface area contributed by atoms with Crippen molar-refractivity contribution in [3.8, 4) is 0 Å². The number of halogens is 5. The number of hydrogen-bond donors (Lipinski definition) is 0. The van der Waals surface area contributed by atoms with Gasteiger partial charge >= 0.3 is 5.91 Å². The van der Waals surface area contributed by atoms with Crippen LogP contribution < -0.4 is 0 Å². The van der Waals surface area contributed by atoms with Crippen LogP contribution in [0.5, 0.6) is 0 Å². The summed E-state index contributed by atoms with van der Waals surface area (Å²) in [7, 11) is 0. The average molecular weight is 284 g/mol. The summed E-state index contributed by atoms with van der Waals surface area (Å²) in [6.45, 7) is 0. The maximum Gasteiger partial charge on any atom is 0.332 e. The number of carbonyl (C=O) groups is 1. The van der Waals surface area contributed by atoms with Crippen molar-refractivity contribution in [2.24, 2.45) is 0 Å². The first-order valence-electron chi connectivity index (χ1n) is 4.38. The summed E-state index contributed by atoms with van der Waals surface area (Å²) < 4.78 is 63.1. The van der Waals surface area contributed by atoms with Gasteiger partial charge in [0, 0.05) is 10.9 Å². The Balaban J connectivity index is 3.35. The lowest BCUT2D eigenvalue weighted by Crippen LogP contribution is -2.46. The van der Waals surface area contributed by atoms with Crippen molar-refractivity contribution < 1.29 is 27.1 Å². The highest BCUT2D eigenvalue weighted by Gasteiger charge is 2.52. The van der Waals surface area contributed by atoms with E-state index in [2.05, 4.69) is 12.2 Å². The molecule has 0 bridgehead atoms. The van der Waals surface area contributed by atoms with Crippen LogP contribution in [0.2, 0.25) is 0 Å². The number of alkyl halides is 1. The van der Waals surface area contributed by atoms with Crippen molar-refractivity contribution in [2.75, 3.05) is 0 Å². The van der Waals surface area contributed by atoms with Crippen molar-refractivity contribution in [1.82, 2.24) is 10.7 Å². The number of rotatable bonds is 3. The van der Waals surface area contributed by atoms with Gasteiger partial charge in [0.15, 0.2) is 4.99 Å². The lowest BCUT2D eigenvalue weighted by atomic mass is 9.95. The molecule has 1 atom stereocenters. The van der Waals surface area contributed by atoms with E-state index in [1.807, 2.05) is 0 Å². The second-order valence-corrected chi connectivity index (χ2v) is 3.49. The highest BCUT2D eigenvalue weighted by Crippen LogP contribution is 2.32. The van der Waals surface area contributed by atoms with Crippen LogP contribution in [0, 0.1) is 0 Å². The third kappa shape index (κ3) is 2.40. The molecule has 0 spiro atoms. The molecule has 1 amide bonds. The van der Waals surface area contributed by atoms with Crippen molar-refractivity contribution >= 4 is 23.1 Å². The maximum atomic E-state index is 14.3. The first kappa shape index (κ1) is 14.3. The predicted molar refractivity (Wildman–Crippen MR) is 54.9 cm³/mol. The largest absolute Gasteiger partial charge is 0.332 e. The van der Waals surface area contributed by atoms with Gasteiger partial charge in [-0.05, 0) is 5.34 Å².